The molecule has 0 saturated carbocycles. The Labute approximate surface area is 139 Å². The summed E-state index contributed by atoms with van der Waals surface area (Å²) < 4.78 is 5.34. The third-order valence-electron chi connectivity index (χ3n) is 4.01. The number of carboxylic acids is 1. The van der Waals surface area contributed by atoms with E-state index in [1.807, 2.05) is 0 Å². The highest BCUT2D eigenvalue weighted by molar-refractivity contribution is 8.00. The van der Waals surface area contributed by atoms with E-state index in [1.165, 1.54) is 23.6 Å². The number of ether oxygens (including phenoxy) is 1. The fourth-order valence-electron chi connectivity index (χ4n) is 2.87. The minimum Gasteiger partial charge on any atom is -0.477 e. The molecule has 1 saturated heterocycles. The molecule has 0 aromatic carbocycles. The lowest BCUT2D eigenvalue weighted by Crippen LogP contribution is -2.68. The van der Waals surface area contributed by atoms with Gasteiger partial charge in [0.15, 0.2) is 0 Å². The Morgan fingerprint density at radius 1 is 1.48 bits per heavy atom. The molecule has 1 amide bonds. The fourth-order valence-corrected chi connectivity index (χ4v) is 4.23. The van der Waals surface area contributed by atoms with E-state index >= 15 is 0 Å². The van der Waals surface area contributed by atoms with Crippen molar-refractivity contribution in [1.82, 2.24) is 4.90 Å². The average Bonchev–Trinajstić information content (AvgIpc) is 2.51. The van der Waals surface area contributed by atoms with Crippen molar-refractivity contribution >= 4 is 29.6 Å². The number of hydrogen-bond donors (Lipinski definition) is 2. The van der Waals surface area contributed by atoms with Gasteiger partial charge in [-0.2, -0.15) is 0 Å². The first-order valence-corrected chi connectivity index (χ1v) is 8.77. The van der Waals surface area contributed by atoms with E-state index in [0.717, 1.165) is 19.3 Å². The Kier molecular flexibility index (Phi) is 5.69. The number of aliphatic carboxylic acids is 1. The van der Waals surface area contributed by atoms with Crippen LogP contribution in [0.15, 0.2) is 11.3 Å². The Bertz CT molecular complexity index is 548. The maximum Gasteiger partial charge on any atom is 0.352 e. The molecule has 3 N–H and O–H groups in total. The molecule has 2 rings (SSSR count). The number of nitrogens with two attached hydrogens (primary N) is 1. The van der Waals surface area contributed by atoms with Crippen molar-refractivity contribution in [3.05, 3.63) is 11.3 Å². The van der Waals surface area contributed by atoms with Crippen LogP contribution in [-0.2, 0) is 19.1 Å². The first-order valence-electron chi connectivity index (χ1n) is 7.72. The number of nitrogens with zero attached hydrogens (tertiary/aromatic N) is 1. The molecule has 2 aliphatic heterocycles. The zero-order chi connectivity index (χ0) is 17.1. The molecule has 8 heteroatoms. The van der Waals surface area contributed by atoms with Crippen LogP contribution in [0.5, 0.6) is 0 Å². The molecule has 7 nitrogen and oxygen atoms in total. The van der Waals surface area contributed by atoms with Crippen molar-refractivity contribution in [3.63, 3.8) is 0 Å². The van der Waals surface area contributed by atoms with Gasteiger partial charge in [-0.25, -0.2) is 4.79 Å². The normalized spacial score (nSPS) is 24.8. The third kappa shape index (κ3) is 3.53. The van der Waals surface area contributed by atoms with Crippen LogP contribution in [0.25, 0.3) is 0 Å². The minimum absolute atomic E-state index is 0.0665. The number of carbonyl (C=O) groups excluding carboxylic acids is 2. The molecule has 3 atom stereocenters. The van der Waals surface area contributed by atoms with Crippen molar-refractivity contribution in [3.8, 4) is 0 Å². The topological polar surface area (TPSA) is 110 Å². The first kappa shape index (κ1) is 17.8. The second-order valence-corrected chi connectivity index (χ2v) is 6.81. The molecular formula is C15H22N2O5S. The standard InChI is InChI=1S/C15H22N2O5S/c1-3-4-5-6-10(22-8(2)18)9-7-23-14-11(16)13(19)17(14)12(9)15(20)21/h10-11,14H,3-7,16H2,1-2H3,(H,20,21)/t10?,11-,14-/m1/s1. The summed E-state index contributed by atoms with van der Waals surface area (Å²) in [5.41, 5.74) is 6.15. The predicted octanol–water partition coefficient (Wildman–Crippen LogP) is 1.08. The highest BCUT2D eigenvalue weighted by atomic mass is 32.2. The molecule has 0 aliphatic carbocycles. The summed E-state index contributed by atoms with van der Waals surface area (Å²) in [7, 11) is 0. The summed E-state index contributed by atoms with van der Waals surface area (Å²) >= 11 is 1.42. The highest BCUT2D eigenvalue weighted by Gasteiger charge is 2.52. The van der Waals surface area contributed by atoms with Crippen LogP contribution < -0.4 is 5.73 Å². The van der Waals surface area contributed by atoms with Crippen LogP contribution in [0.3, 0.4) is 0 Å². The van der Waals surface area contributed by atoms with Gasteiger partial charge in [0.2, 0.25) is 5.91 Å². The van der Waals surface area contributed by atoms with Crippen molar-refractivity contribution in [2.24, 2.45) is 5.73 Å². The van der Waals surface area contributed by atoms with Crippen molar-refractivity contribution in [2.75, 3.05) is 5.75 Å². The number of carbonyl (C=O) groups is 3. The van der Waals surface area contributed by atoms with Gasteiger partial charge in [-0.3, -0.25) is 14.5 Å². The molecule has 0 aromatic rings. The van der Waals surface area contributed by atoms with E-state index in [4.69, 9.17) is 10.5 Å². The van der Waals surface area contributed by atoms with Gasteiger partial charge in [0.05, 0.1) is 0 Å². The molecular weight excluding hydrogens is 320 g/mol. The molecule has 0 bridgehead atoms. The van der Waals surface area contributed by atoms with Crippen LogP contribution in [-0.4, -0.2) is 51.1 Å². The van der Waals surface area contributed by atoms with Crippen LogP contribution in [0.4, 0.5) is 0 Å². The Hall–Kier alpha value is -1.54. The molecule has 23 heavy (non-hydrogen) atoms. The van der Waals surface area contributed by atoms with Gasteiger partial charge in [0.25, 0.3) is 0 Å². The Balaban J connectivity index is 2.31. The average molecular weight is 342 g/mol. The zero-order valence-electron chi connectivity index (χ0n) is 13.3. The number of rotatable bonds is 7. The van der Waals surface area contributed by atoms with Crippen LogP contribution in [0.1, 0.15) is 39.5 Å². The summed E-state index contributed by atoms with van der Waals surface area (Å²) in [5, 5.41) is 9.21. The number of thioether (sulfide) groups is 1. The van der Waals surface area contributed by atoms with E-state index in [1.54, 1.807) is 0 Å². The molecule has 2 aliphatic rings. The number of carboxylic acid groups (broad SMARTS) is 1. The predicted molar refractivity (Wildman–Crippen MR) is 85.4 cm³/mol. The van der Waals surface area contributed by atoms with E-state index in [0.29, 0.717) is 17.7 Å². The molecule has 0 radical (unpaired) electrons. The van der Waals surface area contributed by atoms with Gasteiger partial charge in [-0.15, -0.1) is 11.8 Å². The summed E-state index contributed by atoms with van der Waals surface area (Å²) in [6, 6.07) is -0.664. The highest BCUT2D eigenvalue weighted by Crippen LogP contribution is 2.41. The number of fused-ring (bicyclic) bond motifs is 1. The summed E-state index contributed by atoms with van der Waals surface area (Å²) in [4.78, 5) is 36.2. The molecule has 1 unspecified atom stereocenters. The summed E-state index contributed by atoms with van der Waals surface area (Å²) in [6.45, 7) is 3.36. The van der Waals surface area contributed by atoms with Crippen molar-refractivity contribution in [1.29, 1.82) is 0 Å². The van der Waals surface area contributed by atoms with Crippen molar-refractivity contribution in [2.45, 2.75) is 57.1 Å². The van der Waals surface area contributed by atoms with Crippen LogP contribution >= 0.6 is 11.8 Å². The maximum absolute atomic E-state index is 11.9. The minimum atomic E-state index is -1.18. The Morgan fingerprint density at radius 2 is 2.17 bits per heavy atom. The molecule has 2 heterocycles. The number of β-lactam (4-membered cyclic amide) rings is 1. The van der Waals surface area contributed by atoms with E-state index in [2.05, 4.69) is 6.92 Å². The number of hydrogen-bond acceptors (Lipinski definition) is 6. The lowest BCUT2D eigenvalue weighted by molar-refractivity contribution is -0.149. The third-order valence-corrected chi connectivity index (χ3v) is 5.33. The second kappa shape index (κ2) is 7.35. The van der Waals surface area contributed by atoms with Gasteiger partial charge in [-0.1, -0.05) is 19.8 Å². The second-order valence-electron chi connectivity index (χ2n) is 5.71. The lowest BCUT2D eigenvalue weighted by atomic mass is 9.98. The number of esters is 1. The zero-order valence-corrected chi connectivity index (χ0v) is 14.1. The van der Waals surface area contributed by atoms with Gasteiger partial charge < -0.3 is 15.6 Å². The smallest absolute Gasteiger partial charge is 0.352 e. The van der Waals surface area contributed by atoms with E-state index in [-0.39, 0.29) is 11.1 Å². The van der Waals surface area contributed by atoms with Crippen LogP contribution in [0.2, 0.25) is 0 Å². The SMILES string of the molecule is CCCCCC(OC(C)=O)C1=C(C(=O)O)N2C(=O)[C@@H](N)[C@H]2SC1. The molecule has 0 spiro atoms. The van der Waals surface area contributed by atoms with Gasteiger partial charge in [-0.05, 0) is 12.8 Å². The monoisotopic (exact) mass is 342 g/mol. The van der Waals surface area contributed by atoms with Gasteiger partial charge in [0, 0.05) is 18.2 Å². The molecule has 128 valence electrons. The summed E-state index contributed by atoms with van der Waals surface area (Å²) in [5.74, 6) is -1.64. The molecule has 0 aromatic heterocycles. The summed E-state index contributed by atoms with van der Waals surface area (Å²) in [6.07, 6.45) is 2.75. The Morgan fingerprint density at radius 3 is 2.74 bits per heavy atom. The van der Waals surface area contributed by atoms with Crippen molar-refractivity contribution < 1.29 is 24.2 Å². The van der Waals surface area contributed by atoms with E-state index < -0.39 is 30.0 Å². The van der Waals surface area contributed by atoms with E-state index in [9.17, 15) is 19.5 Å². The lowest BCUT2D eigenvalue weighted by Gasteiger charge is -2.48. The van der Waals surface area contributed by atoms with Gasteiger partial charge in [0.1, 0.15) is 23.2 Å². The molecule has 1 fully saturated rings. The largest absolute Gasteiger partial charge is 0.477 e. The quantitative estimate of drug-likeness (QED) is 0.405. The number of unbranched alkanes of at least 4 members (excludes halogenated alkanes) is 2. The maximum atomic E-state index is 11.9. The van der Waals surface area contributed by atoms with Crippen LogP contribution in [0, 0.1) is 0 Å². The number of amides is 1. The first-order chi connectivity index (χ1) is 10.9. The fraction of sp³-hybridized carbons (Fsp3) is 0.667. The van der Waals surface area contributed by atoms with Gasteiger partial charge >= 0.3 is 11.9 Å².